The second kappa shape index (κ2) is 3.67. The second-order valence-electron chi connectivity index (χ2n) is 3.57. The molecule has 1 unspecified atom stereocenters. The van der Waals surface area contributed by atoms with Crippen molar-refractivity contribution in [1.82, 2.24) is 5.32 Å². The standard InChI is InChI=1S/C11H14FNO/c1-14-8-11(12)10-5-3-2-4-9(10)6-7-13-11/h2-5,13H,6-8H2,1H3. The van der Waals surface area contributed by atoms with Crippen molar-refractivity contribution in [2.75, 3.05) is 20.3 Å². The summed E-state index contributed by atoms with van der Waals surface area (Å²) in [6.07, 6.45) is 0.881. The van der Waals surface area contributed by atoms with Crippen molar-refractivity contribution in [1.29, 1.82) is 0 Å². The first kappa shape index (κ1) is 9.62. The van der Waals surface area contributed by atoms with Gasteiger partial charge in [-0.2, -0.15) is 0 Å². The molecule has 0 amide bonds. The van der Waals surface area contributed by atoms with Crippen molar-refractivity contribution in [3.8, 4) is 0 Å². The molecule has 1 aromatic rings. The molecule has 1 N–H and O–H groups in total. The Morgan fingerprint density at radius 2 is 2.29 bits per heavy atom. The highest BCUT2D eigenvalue weighted by Gasteiger charge is 2.35. The maximum absolute atomic E-state index is 14.3. The summed E-state index contributed by atoms with van der Waals surface area (Å²) in [6.45, 7) is 0.723. The van der Waals surface area contributed by atoms with Crippen molar-refractivity contribution < 1.29 is 9.13 Å². The molecule has 0 spiro atoms. The molecule has 14 heavy (non-hydrogen) atoms. The minimum atomic E-state index is -1.51. The molecule has 1 heterocycles. The lowest BCUT2D eigenvalue weighted by atomic mass is 9.93. The molecule has 1 aliphatic rings. The zero-order chi connectivity index (χ0) is 10.0. The fourth-order valence-electron chi connectivity index (χ4n) is 1.94. The van der Waals surface area contributed by atoms with Gasteiger partial charge in [0.25, 0.3) is 0 Å². The van der Waals surface area contributed by atoms with Crippen LogP contribution in [0, 0.1) is 0 Å². The minimum Gasteiger partial charge on any atom is -0.380 e. The van der Waals surface area contributed by atoms with Gasteiger partial charge < -0.3 is 4.74 Å². The molecule has 0 aliphatic carbocycles. The zero-order valence-electron chi connectivity index (χ0n) is 8.22. The molecular formula is C11H14FNO. The Morgan fingerprint density at radius 3 is 3.07 bits per heavy atom. The molecule has 1 aliphatic heterocycles. The third-order valence-corrected chi connectivity index (χ3v) is 2.59. The van der Waals surface area contributed by atoms with Crippen LogP contribution in [0.5, 0.6) is 0 Å². The van der Waals surface area contributed by atoms with Crippen LogP contribution in [0.25, 0.3) is 0 Å². The number of fused-ring (bicyclic) bond motifs is 1. The molecule has 0 bridgehead atoms. The van der Waals surface area contributed by atoms with E-state index < -0.39 is 5.79 Å². The lowest BCUT2D eigenvalue weighted by Gasteiger charge is -2.32. The van der Waals surface area contributed by atoms with Crippen LogP contribution in [0.2, 0.25) is 0 Å². The van der Waals surface area contributed by atoms with Gasteiger partial charge in [0.2, 0.25) is 5.79 Å². The maximum atomic E-state index is 14.3. The van der Waals surface area contributed by atoms with Gasteiger partial charge in [0, 0.05) is 19.2 Å². The molecular weight excluding hydrogens is 181 g/mol. The summed E-state index contributed by atoms with van der Waals surface area (Å²) >= 11 is 0. The Balaban J connectivity index is 2.39. The average molecular weight is 195 g/mol. The lowest BCUT2D eigenvalue weighted by molar-refractivity contribution is 0.00601. The van der Waals surface area contributed by atoms with Crippen LogP contribution in [0.1, 0.15) is 11.1 Å². The van der Waals surface area contributed by atoms with Gasteiger partial charge in [0.15, 0.2) is 0 Å². The zero-order valence-corrected chi connectivity index (χ0v) is 8.22. The molecule has 76 valence electrons. The molecule has 0 saturated carbocycles. The lowest BCUT2D eigenvalue weighted by Crippen LogP contribution is -2.47. The van der Waals surface area contributed by atoms with Crippen molar-refractivity contribution in [3.63, 3.8) is 0 Å². The summed E-state index contributed by atoms with van der Waals surface area (Å²) < 4.78 is 19.2. The summed E-state index contributed by atoms with van der Waals surface area (Å²) in [7, 11) is 1.51. The highest BCUT2D eigenvalue weighted by atomic mass is 19.1. The predicted molar refractivity (Wildman–Crippen MR) is 52.8 cm³/mol. The number of hydrogen-bond donors (Lipinski definition) is 1. The van der Waals surface area contributed by atoms with Crippen LogP contribution in [-0.2, 0) is 17.0 Å². The van der Waals surface area contributed by atoms with Gasteiger partial charge in [-0.3, -0.25) is 5.32 Å². The third-order valence-electron chi connectivity index (χ3n) is 2.59. The first-order chi connectivity index (χ1) is 6.76. The maximum Gasteiger partial charge on any atom is 0.211 e. The Morgan fingerprint density at radius 1 is 1.50 bits per heavy atom. The van der Waals surface area contributed by atoms with Gasteiger partial charge >= 0.3 is 0 Å². The van der Waals surface area contributed by atoms with Crippen molar-refractivity contribution in [2.24, 2.45) is 0 Å². The Hall–Kier alpha value is -0.930. The van der Waals surface area contributed by atoms with Gasteiger partial charge in [-0.25, -0.2) is 4.39 Å². The summed E-state index contributed by atoms with van der Waals surface area (Å²) in [6, 6.07) is 7.59. The molecule has 1 atom stereocenters. The number of methoxy groups -OCH3 is 1. The van der Waals surface area contributed by atoms with E-state index in [1.165, 1.54) is 7.11 Å². The van der Waals surface area contributed by atoms with Crippen LogP contribution >= 0.6 is 0 Å². The molecule has 0 radical (unpaired) electrons. The number of ether oxygens (including phenoxy) is 1. The molecule has 0 aromatic heterocycles. The minimum absolute atomic E-state index is 0.0595. The first-order valence-electron chi connectivity index (χ1n) is 4.77. The first-order valence-corrected chi connectivity index (χ1v) is 4.77. The number of benzene rings is 1. The quantitative estimate of drug-likeness (QED) is 0.724. The summed E-state index contributed by atoms with van der Waals surface area (Å²) in [5.41, 5.74) is 1.79. The second-order valence-corrected chi connectivity index (χ2v) is 3.57. The predicted octanol–water partition coefficient (Wildman–Crippen LogP) is 1.60. The van der Waals surface area contributed by atoms with Crippen LogP contribution in [0.3, 0.4) is 0 Å². The topological polar surface area (TPSA) is 21.3 Å². The van der Waals surface area contributed by atoms with E-state index in [4.69, 9.17) is 4.74 Å². The van der Waals surface area contributed by atoms with E-state index in [-0.39, 0.29) is 6.61 Å². The van der Waals surface area contributed by atoms with E-state index >= 15 is 0 Å². The normalized spacial score (nSPS) is 25.9. The summed E-state index contributed by atoms with van der Waals surface area (Å²) in [4.78, 5) is 0. The van der Waals surface area contributed by atoms with Gasteiger partial charge in [-0.15, -0.1) is 0 Å². The monoisotopic (exact) mass is 195 g/mol. The molecule has 3 heteroatoms. The average Bonchev–Trinajstić information content (AvgIpc) is 2.19. The van der Waals surface area contributed by atoms with E-state index in [0.717, 1.165) is 12.0 Å². The molecule has 0 saturated heterocycles. The van der Waals surface area contributed by atoms with Crippen molar-refractivity contribution >= 4 is 0 Å². The van der Waals surface area contributed by atoms with E-state index in [9.17, 15) is 4.39 Å². The largest absolute Gasteiger partial charge is 0.380 e. The molecule has 0 fully saturated rings. The fourth-order valence-corrected chi connectivity index (χ4v) is 1.94. The number of alkyl halides is 1. The number of hydrogen-bond acceptors (Lipinski definition) is 2. The Kier molecular flexibility index (Phi) is 2.52. The van der Waals surface area contributed by atoms with Crippen LogP contribution < -0.4 is 5.32 Å². The number of nitrogens with one attached hydrogen (secondary N) is 1. The number of halogens is 1. The van der Waals surface area contributed by atoms with Gasteiger partial charge in [-0.05, 0) is 12.0 Å². The SMILES string of the molecule is COCC1(F)NCCc2ccccc21. The van der Waals surface area contributed by atoms with Gasteiger partial charge in [-0.1, -0.05) is 24.3 Å². The Labute approximate surface area is 83.1 Å². The van der Waals surface area contributed by atoms with E-state index in [1.54, 1.807) is 0 Å². The van der Waals surface area contributed by atoms with E-state index in [1.807, 2.05) is 24.3 Å². The highest BCUT2D eigenvalue weighted by molar-refractivity contribution is 5.34. The number of rotatable bonds is 2. The fraction of sp³-hybridized carbons (Fsp3) is 0.455. The van der Waals surface area contributed by atoms with Gasteiger partial charge in [0.1, 0.15) is 0 Å². The third kappa shape index (κ3) is 1.53. The van der Waals surface area contributed by atoms with E-state index in [0.29, 0.717) is 12.1 Å². The summed E-state index contributed by atoms with van der Waals surface area (Å²) in [5, 5.41) is 2.86. The molecule has 1 aromatic carbocycles. The van der Waals surface area contributed by atoms with E-state index in [2.05, 4.69) is 5.32 Å². The molecule has 2 nitrogen and oxygen atoms in total. The molecule has 2 rings (SSSR count). The smallest absolute Gasteiger partial charge is 0.211 e. The van der Waals surface area contributed by atoms with Crippen LogP contribution in [0.15, 0.2) is 24.3 Å². The van der Waals surface area contributed by atoms with Crippen molar-refractivity contribution in [2.45, 2.75) is 12.2 Å². The van der Waals surface area contributed by atoms with Crippen molar-refractivity contribution in [3.05, 3.63) is 35.4 Å². The van der Waals surface area contributed by atoms with Gasteiger partial charge in [0.05, 0.1) is 6.61 Å². The van der Waals surface area contributed by atoms with Crippen LogP contribution in [-0.4, -0.2) is 20.3 Å². The Bertz CT molecular complexity index is 329. The van der Waals surface area contributed by atoms with Crippen LogP contribution in [0.4, 0.5) is 4.39 Å². The summed E-state index contributed by atoms with van der Waals surface area (Å²) in [5.74, 6) is -1.51. The highest BCUT2D eigenvalue weighted by Crippen LogP contribution is 2.29.